The van der Waals surface area contributed by atoms with Crippen molar-refractivity contribution in [2.45, 2.75) is 32.2 Å². The summed E-state index contributed by atoms with van der Waals surface area (Å²) in [6.07, 6.45) is 3.29. The molecule has 2 N–H and O–H groups in total. The molecule has 0 aliphatic heterocycles. The molecule has 0 aromatic carbocycles. The summed E-state index contributed by atoms with van der Waals surface area (Å²) < 4.78 is 4.63. The lowest BCUT2D eigenvalue weighted by molar-refractivity contribution is -0.143. The van der Waals surface area contributed by atoms with E-state index in [4.69, 9.17) is 5.73 Å². The van der Waals surface area contributed by atoms with Gasteiger partial charge in [-0.25, -0.2) is 0 Å². The third-order valence-electron chi connectivity index (χ3n) is 2.67. The first-order valence-electron chi connectivity index (χ1n) is 5.02. The number of ether oxygens (including phenoxy) is 1. The van der Waals surface area contributed by atoms with Gasteiger partial charge < -0.3 is 10.5 Å². The van der Waals surface area contributed by atoms with Crippen LogP contribution in [0.3, 0.4) is 0 Å². The van der Waals surface area contributed by atoms with E-state index in [1.165, 1.54) is 7.11 Å². The van der Waals surface area contributed by atoms with Crippen molar-refractivity contribution in [1.82, 2.24) is 9.97 Å². The van der Waals surface area contributed by atoms with E-state index in [1.807, 2.05) is 20.8 Å². The van der Waals surface area contributed by atoms with Crippen LogP contribution in [0.5, 0.6) is 0 Å². The highest BCUT2D eigenvalue weighted by Crippen LogP contribution is 2.24. The summed E-state index contributed by atoms with van der Waals surface area (Å²) in [5, 5.41) is 0. The summed E-state index contributed by atoms with van der Waals surface area (Å²) in [4.78, 5) is 19.8. The van der Waals surface area contributed by atoms with Crippen LogP contribution in [-0.4, -0.2) is 29.1 Å². The SMILES string of the molecule is COC(=O)C(N)C(C)(C)c1cnc(C)cn1. The fraction of sp³-hybridized carbons (Fsp3) is 0.545. The quantitative estimate of drug-likeness (QED) is 0.758. The Kier molecular flexibility index (Phi) is 3.59. The van der Waals surface area contributed by atoms with Crippen LogP contribution in [0, 0.1) is 6.92 Å². The lowest BCUT2D eigenvalue weighted by atomic mass is 9.82. The third-order valence-corrected chi connectivity index (χ3v) is 2.67. The van der Waals surface area contributed by atoms with Gasteiger partial charge in [-0.2, -0.15) is 0 Å². The molecule has 0 bridgehead atoms. The van der Waals surface area contributed by atoms with Crippen LogP contribution in [-0.2, 0) is 14.9 Å². The zero-order valence-electron chi connectivity index (χ0n) is 10.0. The summed E-state index contributed by atoms with van der Waals surface area (Å²) in [5.74, 6) is -0.452. The Hall–Kier alpha value is -1.49. The highest BCUT2D eigenvalue weighted by Gasteiger charge is 2.35. The summed E-state index contributed by atoms with van der Waals surface area (Å²) in [6.45, 7) is 5.53. The Morgan fingerprint density at radius 2 is 2.06 bits per heavy atom. The minimum absolute atomic E-state index is 0.452. The van der Waals surface area contributed by atoms with Gasteiger partial charge in [0.25, 0.3) is 0 Å². The van der Waals surface area contributed by atoms with E-state index in [9.17, 15) is 4.79 Å². The first-order chi connectivity index (χ1) is 7.39. The van der Waals surface area contributed by atoms with Crippen LogP contribution >= 0.6 is 0 Å². The molecule has 1 atom stereocenters. The second-order valence-electron chi connectivity index (χ2n) is 4.27. The topological polar surface area (TPSA) is 78.1 Å². The molecule has 0 aliphatic rings. The van der Waals surface area contributed by atoms with Crippen LogP contribution in [0.1, 0.15) is 25.2 Å². The molecule has 1 heterocycles. The Bertz CT molecular complexity index is 373. The summed E-state index contributed by atoms with van der Waals surface area (Å²) >= 11 is 0. The van der Waals surface area contributed by atoms with Gasteiger partial charge in [-0.05, 0) is 6.92 Å². The molecule has 1 aromatic heterocycles. The normalized spacial score (nSPS) is 13.3. The average molecular weight is 223 g/mol. The van der Waals surface area contributed by atoms with Gasteiger partial charge in [0.1, 0.15) is 6.04 Å². The van der Waals surface area contributed by atoms with Gasteiger partial charge in [0.15, 0.2) is 0 Å². The molecule has 0 saturated heterocycles. The number of aromatic nitrogens is 2. The molecule has 0 aliphatic carbocycles. The molecular formula is C11H17N3O2. The number of carbonyl (C=O) groups excluding carboxylic acids is 1. The number of carbonyl (C=O) groups is 1. The van der Waals surface area contributed by atoms with Crippen molar-refractivity contribution in [3.05, 3.63) is 23.8 Å². The van der Waals surface area contributed by atoms with Gasteiger partial charge >= 0.3 is 5.97 Å². The second-order valence-corrected chi connectivity index (χ2v) is 4.27. The molecule has 0 spiro atoms. The molecule has 5 nitrogen and oxygen atoms in total. The van der Waals surface area contributed by atoms with E-state index < -0.39 is 17.4 Å². The zero-order chi connectivity index (χ0) is 12.3. The van der Waals surface area contributed by atoms with Crippen molar-refractivity contribution in [3.8, 4) is 0 Å². The van der Waals surface area contributed by atoms with Crippen LogP contribution in [0.2, 0.25) is 0 Å². The maximum absolute atomic E-state index is 11.4. The number of hydrogen-bond donors (Lipinski definition) is 1. The van der Waals surface area contributed by atoms with Crippen molar-refractivity contribution in [3.63, 3.8) is 0 Å². The van der Waals surface area contributed by atoms with Crippen LogP contribution in [0.25, 0.3) is 0 Å². The van der Waals surface area contributed by atoms with E-state index in [0.717, 1.165) is 5.69 Å². The number of nitrogens with two attached hydrogens (primary N) is 1. The average Bonchev–Trinajstić information content (AvgIpc) is 2.27. The van der Waals surface area contributed by atoms with E-state index >= 15 is 0 Å². The first-order valence-corrected chi connectivity index (χ1v) is 5.02. The molecule has 0 amide bonds. The number of methoxy groups -OCH3 is 1. The van der Waals surface area contributed by atoms with Crippen molar-refractivity contribution >= 4 is 5.97 Å². The molecule has 1 unspecified atom stereocenters. The number of rotatable bonds is 3. The largest absolute Gasteiger partial charge is 0.468 e. The molecule has 5 heteroatoms. The van der Waals surface area contributed by atoms with Gasteiger partial charge in [-0.1, -0.05) is 13.8 Å². The molecule has 0 fully saturated rings. The molecule has 0 saturated carbocycles. The number of aryl methyl sites for hydroxylation is 1. The van der Waals surface area contributed by atoms with Gasteiger partial charge in [0.05, 0.1) is 18.5 Å². The zero-order valence-corrected chi connectivity index (χ0v) is 10.0. The van der Waals surface area contributed by atoms with Gasteiger partial charge in [0, 0.05) is 17.8 Å². The minimum Gasteiger partial charge on any atom is -0.468 e. The van der Waals surface area contributed by atoms with Crippen molar-refractivity contribution < 1.29 is 9.53 Å². The number of esters is 1. The third kappa shape index (κ3) is 2.36. The summed E-state index contributed by atoms with van der Waals surface area (Å²) in [6, 6.07) is -0.755. The highest BCUT2D eigenvalue weighted by molar-refractivity contribution is 5.77. The van der Waals surface area contributed by atoms with E-state index in [1.54, 1.807) is 12.4 Å². The second kappa shape index (κ2) is 4.57. The standard InChI is InChI=1S/C11H17N3O2/c1-7-5-14-8(6-13-7)11(2,3)9(12)10(15)16-4/h5-6,9H,12H2,1-4H3. The monoisotopic (exact) mass is 223 g/mol. The Balaban J connectivity index is 3.01. The number of nitrogens with zero attached hydrogens (tertiary/aromatic N) is 2. The summed E-state index contributed by atoms with van der Waals surface area (Å²) in [7, 11) is 1.32. The van der Waals surface area contributed by atoms with Gasteiger partial charge in [0.2, 0.25) is 0 Å². The minimum atomic E-state index is -0.755. The molecule has 0 radical (unpaired) electrons. The molecule has 1 aromatic rings. The maximum Gasteiger partial charge on any atom is 0.323 e. The lowest BCUT2D eigenvalue weighted by Gasteiger charge is -2.28. The van der Waals surface area contributed by atoms with Crippen LogP contribution in [0.15, 0.2) is 12.4 Å². The van der Waals surface area contributed by atoms with E-state index in [2.05, 4.69) is 14.7 Å². The number of hydrogen-bond acceptors (Lipinski definition) is 5. The predicted molar refractivity (Wildman–Crippen MR) is 59.8 cm³/mol. The van der Waals surface area contributed by atoms with Crippen molar-refractivity contribution in [2.75, 3.05) is 7.11 Å². The Morgan fingerprint density at radius 1 is 1.44 bits per heavy atom. The molecule has 1 rings (SSSR count). The maximum atomic E-state index is 11.4. The highest BCUT2D eigenvalue weighted by atomic mass is 16.5. The van der Waals surface area contributed by atoms with Gasteiger partial charge in [-0.3, -0.25) is 14.8 Å². The van der Waals surface area contributed by atoms with Crippen molar-refractivity contribution in [2.24, 2.45) is 5.73 Å². The van der Waals surface area contributed by atoms with Gasteiger partial charge in [-0.15, -0.1) is 0 Å². The van der Waals surface area contributed by atoms with Crippen LogP contribution in [0.4, 0.5) is 0 Å². The van der Waals surface area contributed by atoms with Crippen LogP contribution < -0.4 is 5.73 Å². The fourth-order valence-corrected chi connectivity index (χ4v) is 1.31. The first kappa shape index (κ1) is 12.6. The molecule has 16 heavy (non-hydrogen) atoms. The Morgan fingerprint density at radius 3 is 2.50 bits per heavy atom. The molecular weight excluding hydrogens is 206 g/mol. The van der Waals surface area contributed by atoms with E-state index in [0.29, 0.717) is 5.69 Å². The Labute approximate surface area is 95.0 Å². The lowest BCUT2D eigenvalue weighted by Crippen LogP contribution is -2.48. The van der Waals surface area contributed by atoms with Crippen molar-refractivity contribution in [1.29, 1.82) is 0 Å². The molecule has 88 valence electrons. The predicted octanol–water partition coefficient (Wildman–Crippen LogP) is 0.563. The fourth-order valence-electron chi connectivity index (χ4n) is 1.31. The summed E-state index contributed by atoms with van der Waals surface area (Å²) in [5.41, 5.74) is 6.73. The van der Waals surface area contributed by atoms with E-state index in [-0.39, 0.29) is 0 Å². The smallest absolute Gasteiger partial charge is 0.323 e.